The van der Waals surface area contributed by atoms with Gasteiger partial charge in [0.1, 0.15) is 19.0 Å². The normalized spacial score (nSPS) is 13.0. The maximum atomic E-state index is 13.2. The number of carbonyl (C=O) groups excluding carboxylic acids is 1. The van der Waals surface area contributed by atoms with E-state index in [1.54, 1.807) is 18.2 Å². The molecule has 0 spiro atoms. The highest BCUT2D eigenvalue weighted by atomic mass is 19.1. The predicted octanol–water partition coefficient (Wildman–Crippen LogP) is 2.65. The zero-order chi connectivity index (χ0) is 16.5. The van der Waals surface area contributed by atoms with E-state index in [2.05, 4.69) is 15.5 Å². The second-order valence-corrected chi connectivity index (χ2v) is 5.47. The third-order valence-corrected chi connectivity index (χ3v) is 3.75. The van der Waals surface area contributed by atoms with Crippen LogP contribution in [0.5, 0.6) is 11.5 Å². The molecule has 1 aliphatic rings. The van der Waals surface area contributed by atoms with Crippen molar-refractivity contribution in [2.24, 2.45) is 0 Å². The molecular formula is C17H14FN3O3. The van der Waals surface area contributed by atoms with Crippen LogP contribution in [0.25, 0.3) is 10.9 Å². The second-order valence-electron chi connectivity index (χ2n) is 5.47. The minimum absolute atomic E-state index is 0.173. The van der Waals surface area contributed by atoms with Crippen molar-refractivity contribution in [2.75, 3.05) is 18.5 Å². The second kappa shape index (κ2) is 5.84. The molecule has 0 unspecified atom stereocenters. The molecule has 0 bridgehead atoms. The SMILES string of the molecule is O=C(Cc1ccc2c(c1)OCCO2)Nc1n[nH]c2cc(F)ccc12. The van der Waals surface area contributed by atoms with Gasteiger partial charge in [-0.05, 0) is 35.9 Å². The third kappa shape index (κ3) is 2.76. The molecule has 0 radical (unpaired) electrons. The molecule has 24 heavy (non-hydrogen) atoms. The molecule has 0 saturated heterocycles. The lowest BCUT2D eigenvalue weighted by Crippen LogP contribution is -2.17. The van der Waals surface area contributed by atoms with Crippen LogP contribution in [0.2, 0.25) is 0 Å². The molecule has 3 aromatic rings. The summed E-state index contributed by atoms with van der Waals surface area (Å²) in [6.07, 6.45) is 0.173. The van der Waals surface area contributed by atoms with Gasteiger partial charge in [-0.25, -0.2) is 4.39 Å². The summed E-state index contributed by atoms with van der Waals surface area (Å²) in [5, 5.41) is 10.1. The molecule has 6 nitrogen and oxygen atoms in total. The number of amides is 1. The topological polar surface area (TPSA) is 76.2 Å². The van der Waals surface area contributed by atoms with Gasteiger partial charge in [0.15, 0.2) is 17.3 Å². The molecule has 122 valence electrons. The fourth-order valence-electron chi connectivity index (χ4n) is 2.65. The minimum atomic E-state index is -0.361. The van der Waals surface area contributed by atoms with E-state index < -0.39 is 0 Å². The summed E-state index contributed by atoms with van der Waals surface area (Å²) in [5.41, 5.74) is 1.34. The molecule has 2 N–H and O–H groups in total. The number of rotatable bonds is 3. The smallest absolute Gasteiger partial charge is 0.230 e. The Labute approximate surface area is 136 Å². The van der Waals surface area contributed by atoms with Gasteiger partial charge in [-0.15, -0.1) is 0 Å². The zero-order valence-corrected chi connectivity index (χ0v) is 12.6. The lowest BCUT2D eigenvalue weighted by Gasteiger charge is -2.18. The number of ether oxygens (including phenoxy) is 2. The van der Waals surface area contributed by atoms with Gasteiger partial charge < -0.3 is 14.8 Å². The lowest BCUT2D eigenvalue weighted by molar-refractivity contribution is -0.115. The maximum Gasteiger partial charge on any atom is 0.230 e. The fourth-order valence-corrected chi connectivity index (χ4v) is 2.65. The third-order valence-electron chi connectivity index (χ3n) is 3.75. The number of aromatic amines is 1. The van der Waals surface area contributed by atoms with Crippen LogP contribution in [0.15, 0.2) is 36.4 Å². The monoisotopic (exact) mass is 327 g/mol. The number of benzene rings is 2. The van der Waals surface area contributed by atoms with E-state index in [0.29, 0.717) is 41.4 Å². The molecule has 2 aromatic carbocycles. The number of anilines is 1. The van der Waals surface area contributed by atoms with Crippen molar-refractivity contribution in [1.82, 2.24) is 10.2 Å². The average molecular weight is 327 g/mol. The molecule has 4 rings (SSSR count). The Morgan fingerprint density at radius 2 is 2.00 bits per heavy atom. The van der Waals surface area contributed by atoms with Crippen LogP contribution in [0, 0.1) is 5.82 Å². The molecule has 1 aromatic heterocycles. The van der Waals surface area contributed by atoms with Gasteiger partial charge in [0, 0.05) is 5.39 Å². The van der Waals surface area contributed by atoms with E-state index >= 15 is 0 Å². The van der Waals surface area contributed by atoms with E-state index in [4.69, 9.17) is 9.47 Å². The standard InChI is InChI=1S/C17H14FN3O3/c18-11-2-3-12-13(9-11)20-21-17(12)19-16(22)8-10-1-4-14-15(7-10)24-6-5-23-14/h1-4,7,9H,5-6,8H2,(H2,19,20,21,22). The van der Waals surface area contributed by atoms with Crippen LogP contribution in [0.1, 0.15) is 5.56 Å². The average Bonchev–Trinajstić information content (AvgIpc) is 2.96. The highest BCUT2D eigenvalue weighted by molar-refractivity contribution is 6.00. The first-order chi connectivity index (χ1) is 11.7. The molecule has 0 fully saturated rings. The number of fused-ring (bicyclic) bond motifs is 2. The highest BCUT2D eigenvalue weighted by Gasteiger charge is 2.14. The number of hydrogen-bond acceptors (Lipinski definition) is 4. The van der Waals surface area contributed by atoms with E-state index in [0.717, 1.165) is 5.56 Å². The van der Waals surface area contributed by atoms with E-state index in [1.165, 1.54) is 12.1 Å². The van der Waals surface area contributed by atoms with Gasteiger partial charge in [-0.1, -0.05) is 6.07 Å². The number of halogens is 1. The first-order valence-corrected chi connectivity index (χ1v) is 7.51. The number of nitrogens with zero attached hydrogens (tertiary/aromatic N) is 1. The van der Waals surface area contributed by atoms with Gasteiger partial charge >= 0.3 is 0 Å². The van der Waals surface area contributed by atoms with Crippen LogP contribution < -0.4 is 14.8 Å². The van der Waals surface area contributed by atoms with Crippen LogP contribution in [0.4, 0.5) is 10.2 Å². The van der Waals surface area contributed by atoms with Gasteiger partial charge in [-0.3, -0.25) is 9.89 Å². The first-order valence-electron chi connectivity index (χ1n) is 7.51. The number of carbonyl (C=O) groups is 1. The Bertz CT molecular complexity index is 923. The first kappa shape index (κ1) is 14.5. The van der Waals surface area contributed by atoms with E-state index in [9.17, 15) is 9.18 Å². The number of hydrogen-bond donors (Lipinski definition) is 2. The molecule has 0 saturated carbocycles. The molecular weight excluding hydrogens is 313 g/mol. The van der Waals surface area contributed by atoms with Crippen molar-refractivity contribution in [1.29, 1.82) is 0 Å². The Morgan fingerprint density at radius 3 is 2.88 bits per heavy atom. The van der Waals surface area contributed by atoms with Crippen molar-refractivity contribution in [3.63, 3.8) is 0 Å². The Kier molecular flexibility index (Phi) is 3.53. The van der Waals surface area contributed by atoms with Gasteiger partial charge in [0.2, 0.25) is 5.91 Å². The molecule has 1 aliphatic heterocycles. The largest absolute Gasteiger partial charge is 0.486 e. The number of nitrogens with one attached hydrogen (secondary N) is 2. The Balaban J connectivity index is 1.50. The fraction of sp³-hybridized carbons (Fsp3) is 0.176. The van der Waals surface area contributed by atoms with Crippen LogP contribution in [-0.2, 0) is 11.2 Å². The van der Waals surface area contributed by atoms with Crippen LogP contribution in [0.3, 0.4) is 0 Å². The number of H-pyrrole nitrogens is 1. The van der Waals surface area contributed by atoms with Crippen molar-refractivity contribution in [3.8, 4) is 11.5 Å². The highest BCUT2D eigenvalue weighted by Crippen LogP contribution is 2.31. The van der Waals surface area contributed by atoms with E-state index in [1.807, 2.05) is 6.07 Å². The Morgan fingerprint density at radius 1 is 1.17 bits per heavy atom. The zero-order valence-electron chi connectivity index (χ0n) is 12.6. The van der Waals surface area contributed by atoms with Gasteiger partial charge in [0.25, 0.3) is 0 Å². The summed E-state index contributed by atoms with van der Waals surface area (Å²) in [6, 6.07) is 9.65. The molecule has 2 heterocycles. The number of aromatic nitrogens is 2. The predicted molar refractivity (Wildman–Crippen MR) is 85.8 cm³/mol. The Hall–Kier alpha value is -3.09. The van der Waals surface area contributed by atoms with Crippen LogP contribution >= 0.6 is 0 Å². The molecule has 0 aliphatic carbocycles. The van der Waals surface area contributed by atoms with E-state index in [-0.39, 0.29) is 18.1 Å². The van der Waals surface area contributed by atoms with Gasteiger partial charge in [-0.2, -0.15) is 5.10 Å². The molecule has 1 amide bonds. The van der Waals surface area contributed by atoms with Crippen LogP contribution in [-0.4, -0.2) is 29.3 Å². The summed E-state index contributed by atoms with van der Waals surface area (Å²) in [4.78, 5) is 12.2. The van der Waals surface area contributed by atoms with Crippen molar-refractivity contribution in [2.45, 2.75) is 6.42 Å². The van der Waals surface area contributed by atoms with Crippen molar-refractivity contribution >= 4 is 22.6 Å². The minimum Gasteiger partial charge on any atom is -0.486 e. The summed E-state index contributed by atoms with van der Waals surface area (Å²) in [5.74, 6) is 1.13. The molecule has 7 heteroatoms. The van der Waals surface area contributed by atoms with Gasteiger partial charge in [0.05, 0.1) is 11.9 Å². The maximum absolute atomic E-state index is 13.2. The van der Waals surface area contributed by atoms with Crippen molar-refractivity contribution in [3.05, 3.63) is 47.8 Å². The summed E-state index contributed by atoms with van der Waals surface area (Å²) >= 11 is 0. The summed E-state index contributed by atoms with van der Waals surface area (Å²) in [7, 11) is 0. The summed E-state index contributed by atoms with van der Waals surface area (Å²) < 4.78 is 24.1. The van der Waals surface area contributed by atoms with Crippen molar-refractivity contribution < 1.29 is 18.7 Å². The summed E-state index contributed by atoms with van der Waals surface area (Å²) in [6.45, 7) is 1.03. The molecule has 0 atom stereocenters. The quantitative estimate of drug-likeness (QED) is 0.775. The lowest BCUT2D eigenvalue weighted by atomic mass is 10.1.